The SMILES string of the molecule is O=C(Nc1ccc(S(=O)(=O)Nc2nccs2)cc1)c1c(C(=O)Nc2ccc(S(=O)(=O)Nc3nccs3)cc2)c(C(=O)Nc2ccc(S(=O)(=O)Nc3nccs3)cc2)c(C(=O)Nc2ccc(S(=O)(=O)Nc3nccs3)cc2)c(C(=O)Nc2ccc(S(=O)(=O)Nc3nccs3)cc2)c1C(=O)Nc1ccc(S(=O)(=O)Nc2nccs2)cc1. The highest BCUT2D eigenvalue weighted by molar-refractivity contribution is 7.94. The average molecular weight is 1770 g/mol. The van der Waals surface area contributed by atoms with E-state index in [2.05, 4.69) is 90.1 Å². The summed E-state index contributed by atoms with van der Waals surface area (Å²) in [7, 11) is -26.6. The molecule has 6 heterocycles. The van der Waals surface area contributed by atoms with Crippen LogP contribution in [0.3, 0.4) is 0 Å². The fourth-order valence-corrected chi connectivity index (χ4v) is 21.0. The van der Waals surface area contributed by atoms with Gasteiger partial charge in [0.1, 0.15) is 0 Å². The number of carbonyl (C=O) groups excluding carboxylic acids is 6. The van der Waals surface area contributed by atoms with E-state index >= 15 is 28.8 Å². The van der Waals surface area contributed by atoms with Crippen molar-refractivity contribution >= 4 is 229 Å². The van der Waals surface area contributed by atoms with Gasteiger partial charge in [0.15, 0.2) is 30.8 Å². The predicted molar refractivity (Wildman–Crippen MR) is 430 cm³/mol. The molecule has 582 valence electrons. The molecule has 13 rings (SSSR count). The Labute approximate surface area is 670 Å². The Balaban J connectivity index is 1.05. The van der Waals surface area contributed by atoms with Gasteiger partial charge in [-0.15, -0.1) is 68.0 Å². The summed E-state index contributed by atoms with van der Waals surface area (Å²) in [6.07, 6.45) is 7.99. The Hall–Kier alpha value is -12.4. The minimum absolute atomic E-state index is 0.0331. The zero-order valence-corrected chi connectivity index (χ0v) is 66.5. The number of amides is 6. The lowest BCUT2D eigenvalue weighted by Crippen LogP contribution is -2.36. The molecule has 0 bridgehead atoms. The molecular formula is C66H48N18O18S12. The van der Waals surface area contributed by atoms with Gasteiger partial charge in [-0.3, -0.25) is 57.1 Å². The van der Waals surface area contributed by atoms with E-state index in [0.717, 1.165) is 214 Å². The number of hydrogen-bond acceptors (Lipinski definition) is 30. The number of carbonyl (C=O) groups is 6. The number of nitrogens with one attached hydrogen (secondary N) is 12. The Morgan fingerprint density at radius 3 is 0.430 bits per heavy atom. The molecule has 0 aliphatic rings. The zero-order valence-electron chi connectivity index (χ0n) is 56.7. The second kappa shape index (κ2) is 33.1. The zero-order chi connectivity index (χ0) is 80.7. The first-order valence-corrected chi connectivity index (χ1v) is 45.8. The molecule has 0 atom stereocenters. The molecule has 7 aromatic carbocycles. The van der Waals surface area contributed by atoms with Crippen LogP contribution in [0.5, 0.6) is 0 Å². The lowest BCUT2D eigenvalue weighted by atomic mass is 9.83. The first-order valence-electron chi connectivity index (χ1n) is 31.6. The summed E-state index contributed by atoms with van der Waals surface area (Å²) in [5.74, 6) is -9.78. The van der Waals surface area contributed by atoms with Gasteiger partial charge in [-0.1, -0.05) is 0 Å². The molecule has 13 aromatic rings. The maximum atomic E-state index is 16.3. The molecule has 12 N–H and O–H groups in total. The van der Waals surface area contributed by atoms with Crippen LogP contribution in [0.2, 0.25) is 0 Å². The van der Waals surface area contributed by atoms with Crippen LogP contribution in [0.25, 0.3) is 0 Å². The van der Waals surface area contributed by atoms with Crippen LogP contribution in [-0.2, 0) is 60.1 Å². The van der Waals surface area contributed by atoms with E-state index in [1.807, 2.05) is 0 Å². The average Bonchev–Trinajstić information content (AvgIpc) is 0.997. The first kappa shape index (κ1) is 79.7. The van der Waals surface area contributed by atoms with Crippen LogP contribution >= 0.6 is 68.0 Å². The topological polar surface area (TPSA) is 529 Å². The van der Waals surface area contributed by atoms with E-state index in [1.54, 1.807) is 0 Å². The van der Waals surface area contributed by atoms with Crippen LogP contribution < -0.4 is 60.2 Å². The first-order chi connectivity index (χ1) is 54.4. The van der Waals surface area contributed by atoms with Crippen molar-refractivity contribution in [1.82, 2.24) is 29.9 Å². The smallest absolute Gasteiger partial charge is 0.263 e. The van der Waals surface area contributed by atoms with Crippen LogP contribution in [0.1, 0.15) is 62.1 Å². The number of sulfonamides is 6. The van der Waals surface area contributed by atoms with Gasteiger partial charge < -0.3 is 31.9 Å². The minimum atomic E-state index is -4.43. The Morgan fingerprint density at radius 1 is 0.202 bits per heavy atom. The molecule has 0 saturated heterocycles. The normalized spacial score (nSPS) is 11.8. The highest BCUT2D eigenvalue weighted by Gasteiger charge is 2.42. The third-order valence-electron chi connectivity index (χ3n) is 15.3. The van der Waals surface area contributed by atoms with Crippen molar-refractivity contribution < 1.29 is 79.3 Å². The van der Waals surface area contributed by atoms with Crippen LogP contribution in [0, 0.1) is 0 Å². The van der Waals surface area contributed by atoms with E-state index < -0.39 is 158 Å². The molecule has 0 aliphatic carbocycles. The highest BCUT2D eigenvalue weighted by atomic mass is 32.2. The number of anilines is 12. The minimum Gasteiger partial charge on any atom is -0.322 e. The van der Waals surface area contributed by atoms with Gasteiger partial charge >= 0.3 is 0 Å². The monoisotopic (exact) mass is 1760 g/mol. The molecule has 0 radical (unpaired) electrons. The van der Waals surface area contributed by atoms with Crippen LogP contribution in [-0.4, -0.2) is 116 Å². The fourth-order valence-electron chi connectivity index (χ4n) is 10.3. The molecule has 6 amide bonds. The number of thiazole rings is 6. The van der Waals surface area contributed by atoms with Crippen molar-refractivity contribution in [2.75, 3.05) is 60.2 Å². The molecule has 0 unspecified atom stereocenters. The summed E-state index contributed by atoms with van der Waals surface area (Å²) >= 11 is 5.65. The predicted octanol–water partition coefficient (Wildman–Crippen LogP) is 10.7. The van der Waals surface area contributed by atoms with Gasteiger partial charge in [-0.05, 0) is 146 Å². The largest absolute Gasteiger partial charge is 0.322 e. The van der Waals surface area contributed by atoms with Crippen molar-refractivity contribution in [3.05, 3.63) is 248 Å². The second-order valence-electron chi connectivity index (χ2n) is 22.8. The van der Waals surface area contributed by atoms with E-state index in [0.29, 0.717) is 0 Å². The van der Waals surface area contributed by atoms with Crippen molar-refractivity contribution in [3.63, 3.8) is 0 Å². The highest BCUT2D eigenvalue weighted by Crippen LogP contribution is 2.37. The molecule has 0 spiro atoms. The van der Waals surface area contributed by atoms with Crippen molar-refractivity contribution in [1.29, 1.82) is 0 Å². The lowest BCUT2D eigenvalue weighted by Gasteiger charge is -2.25. The lowest BCUT2D eigenvalue weighted by molar-refractivity contribution is 0.0949. The quantitative estimate of drug-likeness (QED) is 0.0199. The number of nitrogens with zero attached hydrogens (tertiary/aromatic N) is 6. The molecule has 0 saturated carbocycles. The summed E-state index contributed by atoms with van der Waals surface area (Å²) in [5.41, 5.74) is -9.88. The molecule has 36 nitrogen and oxygen atoms in total. The van der Waals surface area contributed by atoms with E-state index in [4.69, 9.17) is 0 Å². The van der Waals surface area contributed by atoms with E-state index in [1.165, 1.54) is 69.5 Å². The van der Waals surface area contributed by atoms with Gasteiger partial charge in [0.25, 0.3) is 95.6 Å². The van der Waals surface area contributed by atoms with Gasteiger partial charge in [0.2, 0.25) is 0 Å². The van der Waals surface area contributed by atoms with E-state index in [-0.39, 0.29) is 64.9 Å². The number of rotatable bonds is 30. The second-order valence-corrected chi connectivity index (χ2v) is 38.2. The molecule has 6 aromatic heterocycles. The number of aromatic nitrogens is 6. The maximum absolute atomic E-state index is 16.3. The summed E-state index contributed by atoms with van der Waals surface area (Å²) in [6, 6.07) is 24.8. The number of hydrogen-bond donors (Lipinski definition) is 12. The van der Waals surface area contributed by atoms with Gasteiger partial charge in [-0.2, -0.15) is 0 Å². The van der Waals surface area contributed by atoms with Crippen LogP contribution in [0.4, 0.5) is 64.9 Å². The Morgan fingerprint density at radius 2 is 0.325 bits per heavy atom. The fraction of sp³-hybridized carbons (Fsp3) is 0. The van der Waals surface area contributed by atoms with Gasteiger partial charge in [-0.25, -0.2) is 80.4 Å². The Bertz CT molecular complexity index is 5470. The van der Waals surface area contributed by atoms with Crippen LogP contribution in [0.15, 0.2) is 244 Å². The molecule has 0 fully saturated rings. The summed E-state index contributed by atoms with van der Waals surface area (Å²) in [6.45, 7) is 0. The van der Waals surface area contributed by atoms with Gasteiger partial charge in [0, 0.05) is 104 Å². The third-order valence-corrected chi connectivity index (χ3v) is 28.4. The van der Waals surface area contributed by atoms with Crippen molar-refractivity contribution in [3.8, 4) is 0 Å². The van der Waals surface area contributed by atoms with Gasteiger partial charge in [0.05, 0.1) is 62.8 Å². The summed E-state index contributed by atoms with van der Waals surface area (Å²) < 4.78 is 178. The maximum Gasteiger partial charge on any atom is 0.263 e. The van der Waals surface area contributed by atoms with E-state index in [9.17, 15) is 50.5 Å². The molecule has 114 heavy (non-hydrogen) atoms. The standard InChI is InChI=1S/C66H48N18O18S12/c85-55(73-37-1-13-43(14-2-37)109(91,92)79-61-67-25-31-103-61)49-50(56(86)74-38-3-15-44(16-4-38)110(93,94)80-62-68-26-32-104-62)52(58(88)76-40-7-19-46(20-8-40)112(97,98)82-64-70-28-34-106-64)54(60(90)78-42-11-23-48(24-12-42)114(101,102)84-66-72-30-36-108-66)53(59(89)77-41-9-21-47(22-10-41)113(99,100)83-65-71-29-35-107-65)51(49)57(87)75-39-5-17-45(18-6-39)111(95,96)81-63-69-27-33-105-63/h1-36H,(H,67,79)(H,68,80)(H,69,81)(H,70,82)(H,71,83)(H,72,84)(H,73,85)(H,74,86)(H,75,87)(H,76,88)(H,77,89)(H,78,90). The molecular weight excluding hydrogens is 1720 g/mol. The molecule has 48 heteroatoms. The summed E-state index contributed by atoms with van der Waals surface area (Å²) in [4.78, 5) is 119. The Kier molecular flexibility index (Phi) is 23.2. The number of benzene rings is 7. The molecule has 0 aliphatic heterocycles. The third kappa shape index (κ3) is 18.7. The summed E-state index contributed by atoms with van der Waals surface area (Å²) in [5, 5.41) is 23.6. The van der Waals surface area contributed by atoms with Crippen molar-refractivity contribution in [2.45, 2.75) is 29.4 Å². The van der Waals surface area contributed by atoms with Crippen molar-refractivity contribution in [2.24, 2.45) is 0 Å².